The molecule has 3 aromatic rings. The summed E-state index contributed by atoms with van der Waals surface area (Å²) in [6.45, 7) is 1.83. The lowest BCUT2D eigenvalue weighted by Gasteiger charge is -2.11. The summed E-state index contributed by atoms with van der Waals surface area (Å²) in [5.41, 5.74) is 2.16. The number of ether oxygens (including phenoxy) is 1. The third kappa shape index (κ3) is 4.32. The van der Waals surface area contributed by atoms with Crippen LogP contribution < -0.4 is 10.6 Å². The number of carbonyl (C=O) groups excluding carboxylic acids is 1. The second-order valence-electron chi connectivity index (χ2n) is 5.37. The molecule has 0 bridgehead atoms. The number of rotatable bonds is 5. The third-order valence-corrected chi connectivity index (χ3v) is 3.44. The summed E-state index contributed by atoms with van der Waals surface area (Å²) in [5.74, 6) is 1.57. The number of nitrogens with zero attached hydrogens (tertiary/aromatic N) is 2. The van der Waals surface area contributed by atoms with Gasteiger partial charge in [0.15, 0.2) is 0 Å². The first kappa shape index (κ1) is 16.4. The molecule has 0 aliphatic heterocycles. The van der Waals surface area contributed by atoms with Gasteiger partial charge in [0.25, 0.3) is 0 Å². The molecule has 0 saturated heterocycles. The zero-order valence-electron chi connectivity index (χ0n) is 14.0. The van der Waals surface area contributed by atoms with Crippen LogP contribution in [-0.2, 0) is 4.74 Å². The first-order valence-electron chi connectivity index (χ1n) is 7.77. The normalized spacial score (nSPS) is 10.2. The molecule has 2 aromatic carbocycles. The fraction of sp³-hybridized carbons (Fsp3) is 0.105. The predicted molar refractivity (Wildman–Crippen MR) is 97.6 cm³/mol. The topological polar surface area (TPSA) is 76.1 Å². The lowest BCUT2D eigenvalue weighted by atomic mass is 10.2. The Morgan fingerprint density at radius 1 is 0.880 bits per heavy atom. The average molecular weight is 334 g/mol. The summed E-state index contributed by atoms with van der Waals surface area (Å²) in [5, 5.41) is 6.44. The standard InChI is InChI=1S/C19H18N4O2/c1-13-20-17(22-15-8-4-3-5-9-15)12-18(21-13)23-16-10-6-7-14(11-16)19(24)25-2/h3-12H,1-2H3,(H2,20,21,22,23). The maximum Gasteiger partial charge on any atom is 0.337 e. The number of anilines is 4. The highest BCUT2D eigenvalue weighted by Crippen LogP contribution is 2.21. The molecule has 0 spiro atoms. The van der Waals surface area contributed by atoms with Gasteiger partial charge in [-0.1, -0.05) is 24.3 Å². The summed E-state index contributed by atoms with van der Waals surface area (Å²) in [6.07, 6.45) is 0. The molecule has 0 aliphatic rings. The van der Waals surface area contributed by atoms with Gasteiger partial charge >= 0.3 is 5.97 Å². The smallest absolute Gasteiger partial charge is 0.337 e. The Bertz CT molecular complexity index is 882. The Labute approximate surface area is 145 Å². The van der Waals surface area contributed by atoms with E-state index < -0.39 is 0 Å². The summed E-state index contributed by atoms with van der Waals surface area (Å²) >= 11 is 0. The molecule has 25 heavy (non-hydrogen) atoms. The molecule has 1 aromatic heterocycles. The Kier molecular flexibility index (Phi) is 4.89. The van der Waals surface area contributed by atoms with Crippen LogP contribution in [0.4, 0.5) is 23.0 Å². The molecule has 0 radical (unpaired) electrons. The number of aryl methyl sites for hydroxylation is 1. The number of methoxy groups -OCH3 is 1. The molecule has 0 aliphatic carbocycles. The van der Waals surface area contributed by atoms with Crippen molar-refractivity contribution in [2.45, 2.75) is 6.92 Å². The van der Waals surface area contributed by atoms with Gasteiger partial charge in [-0.2, -0.15) is 0 Å². The van der Waals surface area contributed by atoms with Crippen LogP contribution in [-0.4, -0.2) is 23.0 Å². The van der Waals surface area contributed by atoms with Crippen LogP contribution >= 0.6 is 0 Å². The maximum absolute atomic E-state index is 11.6. The van der Waals surface area contributed by atoms with Gasteiger partial charge in [0.05, 0.1) is 12.7 Å². The van der Waals surface area contributed by atoms with E-state index in [2.05, 4.69) is 20.6 Å². The molecular weight excluding hydrogens is 316 g/mol. The van der Waals surface area contributed by atoms with E-state index in [1.54, 1.807) is 18.2 Å². The van der Waals surface area contributed by atoms with Gasteiger partial charge in [-0.15, -0.1) is 0 Å². The Morgan fingerprint density at radius 3 is 2.20 bits per heavy atom. The average Bonchev–Trinajstić information content (AvgIpc) is 2.61. The predicted octanol–water partition coefficient (Wildman–Crippen LogP) is 4.06. The van der Waals surface area contributed by atoms with Crippen molar-refractivity contribution >= 4 is 29.0 Å². The van der Waals surface area contributed by atoms with E-state index in [0.29, 0.717) is 23.0 Å². The van der Waals surface area contributed by atoms with Crippen molar-refractivity contribution in [3.05, 3.63) is 72.1 Å². The molecule has 3 rings (SSSR count). The molecule has 6 nitrogen and oxygen atoms in total. The van der Waals surface area contributed by atoms with Crippen LogP contribution in [0.2, 0.25) is 0 Å². The van der Waals surface area contributed by atoms with E-state index in [0.717, 1.165) is 11.4 Å². The highest BCUT2D eigenvalue weighted by atomic mass is 16.5. The van der Waals surface area contributed by atoms with Crippen molar-refractivity contribution in [1.29, 1.82) is 0 Å². The Balaban J connectivity index is 1.82. The molecule has 0 fully saturated rings. The van der Waals surface area contributed by atoms with Crippen LogP contribution in [0.5, 0.6) is 0 Å². The molecule has 0 amide bonds. The van der Waals surface area contributed by atoms with Gasteiger partial charge in [-0.3, -0.25) is 0 Å². The fourth-order valence-electron chi connectivity index (χ4n) is 2.35. The summed E-state index contributed by atoms with van der Waals surface area (Å²) < 4.78 is 4.74. The summed E-state index contributed by atoms with van der Waals surface area (Å²) in [6, 6.07) is 18.6. The monoisotopic (exact) mass is 334 g/mol. The Morgan fingerprint density at radius 2 is 1.52 bits per heavy atom. The number of esters is 1. The van der Waals surface area contributed by atoms with E-state index in [-0.39, 0.29) is 5.97 Å². The summed E-state index contributed by atoms with van der Waals surface area (Å²) in [4.78, 5) is 20.4. The zero-order valence-corrected chi connectivity index (χ0v) is 14.0. The van der Waals surface area contributed by atoms with Crippen LogP contribution in [0.3, 0.4) is 0 Å². The zero-order chi connectivity index (χ0) is 17.6. The molecule has 0 saturated carbocycles. The molecule has 0 unspecified atom stereocenters. The third-order valence-electron chi connectivity index (χ3n) is 3.44. The van der Waals surface area contributed by atoms with Gasteiger partial charge in [0.2, 0.25) is 0 Å². The first-order valence-corrected chi connectivity index (χ1v) is 7.77. The minimum Gasteiger partial charge on any atom is -0.465 e. The largest absolute Gasteiger partial charge is 0.465 e. The van der Waals surface area contributed by atoms with Crippen molar-refractivity contribution in [2.75, 3.05) is 17.7 Å². The van der Waals surface area contributed by atoms with E-state index >= 15 is 0 Å². The van der Waals surface area contributed by atoms with Gasteiger partial charge < -0.3 is 15.4 Å². The molecule has 6 heteroatoms. The highest BCUT2D eigenvalue weighted by molar-refractivity contribution is 5.90. The quantitative estimate of drug-likeness (QED) is 0.685. The number of hydrogen-bond acceptors (Lipinski definition) is 6. The maximum atomic E-state index is 11.6. The van der Waals surface area contributed by atoms with Gasteiger partial charge in [0, 0.05) is 17.4 Å². The molecule has 126 valence electrons. The van der Waals surface area contributed by atoms with Crippen molar-refractivity contribution in [2.24, 2.45) is 0 Å². The SMILES string of the molecule is COC(=O)c1cccc(Nc2cc(Nc3ccccc3)nc(C)n2)c1. The number of nitrogens with one attached hydrogen (secondary N) is 2. The fourth-order valence-corrected chi connectivity index (χ4v) is 2.35. The van der Waals surface area contributed by atoms with Gasteiger partial charge in [-0.05, 0) is 37.3 Å². The van der Waals surface area contributed by atoms with E-state index in [1.165, 1.54) is 7.11 Å². The van der Waals surface area contributed by atoms with Crippen LogP contribution in [0.1, 0.15) is 16.2 Å². The second-order valence-corrected chi connectivity index (χ2v) is 5.37. The minimum atomic E-state index is -0.381. The molecule has 0 atom stereocenters. The molecular formula is C19H18N4O2. The van der Waals surface area contributed by atoms with Crippen LogP contribution in [0, 0.1) is 6.92 Å². The van der Waals surface area contributed by atoms with E-state index in [1.807, 2.05) is 49.4 Å². The number of para-hydroxylation sites is 1. The Hall–Kier alpha value is -3.41. The van der Waals surface area contributed by atoms with E-state index in [9.17, 15) is 4.79 Å². The number of benzene rings is 2. The first-order chi connectivity index (χ1) is 12.1. The van der Waals surface area contributed by atoms with Crippen molar-refractivity contribution in [3.8, 4) is 0 Å². The van der Waals surface area contributed by atoms with Gasteiger partial charge in [-0.25, -0.2) is 14.8 Å². The number of hydrogen-bond donors (Lipinski definition) is 2. The van der Waals surface area contributed by atoms with E-state index in [4.69, 9.17) is 4.74 Å². The number of aromatic nitrogens is 2. The minimum absolute atomic E-state index is 0.381. The van der Waals surface area contributed by atoms with Gasteiger partial charge in [0.1, 0.15) is 17.5 Å². The molecule has 2 N–H and O–H groups in total. The lowest BCUT2D eigenvalue weighted by Crippen LogP contribution is -2.03. The number of carbonyl (C=O) groups is 1. The van der Waals surface area contributed by atoms with Crippen LogP contribution in [0.15, 0.2) is 60.7 Å². The highest BCUT2D eigenvalue weighted by Gasteiger charge is 2.07. The van der Waals surface area contributed by atoms with Crippen LogP contribution in [0.25, 0.3) is 0 Å². The second kappa shape index (κ2) is 7.44. The van der Waals surface area contributed by atoms with Crippen molar-refractivity contribution in [3.63, 3.8) is 0 Å². The molecule has 1 heterocycles. The van der Waals surface area contributed by atoms with Crippen molar-refractivity contribution in [1.82, 2.24) is 9.97 Å². The summed E-state index contributed by atoms with van der Waals surface area (Å²) in [7, 11) is 1.36. The lowest BCUT2D eigenvalue weighted by molar-refractivity contribution is 0.0601. The van der Waals surface area contributed by atoms with Crippen molar-refractivity contribution < 1.29 is 9.53 Å².